The fourth-order valence-corrected chi connectivity index (χ4v) is 3.52. The Morgan fingerprint density at radius 2 is 2.16 bits per heavy atom. The van der Waals surface area contributed by atoms with Crippen LogP contribution in [0.5, 0.6) is 0 Å². The third-order valence-corrected chi connectivity index (χ3v) is 4.76. The van der Waals surface area contributed by atoms with E-state index in [1.165, 1.54) is 0 Å². The van der Waals surface area contributed by atoms with Gasteiger partial charge >= 0.3 is 0 Å². The minimum Gasteiger partial charge on any atom is -0.368 e. The smallest absolute Gasteiger partial charge is 0.256 e. The molecule has 1 aliphatic rings. The first kappa shape index (κ1) is 17.2. The Bertz CT molecular complexity index is 765. The van der Waals surface area contributed by atoms with E-state index in [2.05, 4.69) is 32.0 Å². The number of anilines is 2. The number of H-pyrrole nitrogens is 1. The highest BCUT2D eigenvalue weighted by Gasteiger charge is 2.38. The molecule has 1 fully saturated rings. The van der Waals surface area contributed by atoms with Crippen molar-refractivity contribution < 1.29 is 4.79 Å². The molecule has 0 radical (unpaired) electrons. The molecular formula is C17H25N7O. The molecule has 3 rings (SSSR count). The molecule has 0 unspecified atom stereocenters. The third-order valence-electron chi connectivity index (χ3n) is 4.76. The van der Waals surface area contributed by atoms with Gasteiger partial charge in [0, 0.05) is 44.4 Å². The van der Waals surface area contributed by atoms with E-state index in [1.807, 2.05) is 13.0 Å². The average molecular weight is 343 g/mol. The lowest BCUT2D eigenvalue weighted by molar-refractivity contribution is 0.0824. The summed E-state index contributed by atoms with van der Waals surface area (Å²) in [7, 11) is 3.50. The van der Waals surface area contributed by atoms with Crippen LogP contribution in [0, 0.1) is 6.92 Å². The van der Waals surface area contributed by atoms with Gasteiger partial charge in [0.05, 0.1) is 17.5 Å². The zero-order valence-electron chi connectivity index (χ0n) is 15.2. The molecule has 0 bridgehead atoms. The molecule has 8 heteroatoms. The first-order chi connectivity index (χ1) is 11.8. The van der Waals surface area contributed by atoms with E-state index in [0.29, 0.717) is 5.56 Å². The van der Waals surface area contributed by atoms with Crippen LogP contribution in [0.15, 0.2) is 12.3 Å². The number of nitrogens with zero attached hydrogens (tertiary/aromatic N) is 5. The highest BCUT2D eigenvalue weighted by Crippen LogP contribution is 2.36. The van der Waals surface area contributed by atoms with Gasteiger partial charge in [0.2, 0.25) is 5.95 Å². The number of rotatable bonds is 3. The van der Waals surface area contributed by atoms with Crippen molar-refractivity contribution in [3.63, 3.8) is 0 Å². The van der Waals surface area contributed by atoms with E-state index in [9.17, 15) is 4.79 Å². The molecule has 1 atom stereocenters. The van der Waals surface area contributed by atoms with Gasteiger partial charge in [0.25, 0.3) is 5.91 Å². The standard InChI is InChI=1S/C17H25N7O/c1-11-8-13(21-16(18)20-11)24-7-5-6-17(2,10-24)14-12(9-19-22-14)15(25)23(3)4/h8-9H,5-7,10H2,1-4H3,(H,19,22)(H2,18,20,21)/t17-/m0/s1. The van der Waals surface area contributed by atoms with E-state index in [0.717, 1.165) is 43.1 Å². The van der Waals surface area contributed by atoms with Crippen molar-refractivity contribution in [2.45, 2.75) is 32.1 Å². The minimum absolute atomic E-state index is 0.0378. The van der Waals surface area contributed by atoms with E-state index in [-0.39, 0.29) is 17.3 Å². The van der Waals surface area contributed by atoms with E-state index in [4.69, 9.17) is 5.73 Å². The summed E-state index contributed by atoms with van der Waals surface area (Å²) in [6.45, 7) is 5.71. The molecule has 3 N–H and O–H groups in total. The summed E-state index contributed by atoms with van der Waals surface area (Å²) in [4.78, 5) is 24.8. The van der Waals surface area contributed by atoms with Crippen LogP contribution in [-0.4, -0.2) is 58.2 Å². The largest absolute Gasteiger partial charge is 0.368 e. The Kier molecular flexibility index (Phi) is 4.36. The molecule has 1 aliphatic heterocycles. The molecular weight excluding hydrogens is 318 g/mol. The summed E-state index contributed by atoms with van der Waals surface area (Å²) < 4.78 is 0. The Morgan fingerprint density at radius 1 is 1.40 bits per heavy atom. The Morgan fingerprint density at radius 3 is 2.84 bits per heavy atom. The van der Waals surface area contributed by atoms with Crippen molar-refractivity contribution in [3.05, 3.63) is 29.2 Å². The van der Waals surface area contributed by atoms with Crippen LogP contribution < -0.4 is 10.6 Å². The molecule has 134 valence electrons. The van der Waals surface area contributed by atoms with Gasteiger partial charge in [-0.15, -0.1) is 0 Å². The maximum absolute atomic E-state index is 12.5. The van der Waals surface area contributed by atoms with Crippen molar-refractivity contribution in [1.82, 2.24) is 25.1 Å². The molecule has 0 saturated carbocycles. The fourth-order valence-electron chi connectivity index (χ4n) is 3.52. The van der Waals surface area contributed by atoms with Crippen molar-refractivity contribution in [2.24, 2.45) is 0 Å². The highest BCUT2D eigenvalue weighted by atomic mass is 16.2. The lowest BCUT2D eigenvalue weighted by Crippen LogP contribution is -2.46. The molecule has 3 heterocycles. The van der Waals surface area contributed by atoms with Crippen LogP contribution in [0.1, 0.15) is 41.5 Å². The predicted octanol–water partition coefficient (Wildman–Crippen LogP) is 1.35. The van der Waals surface area contributed by atoms with Crippen LogP contribution in [0.3, 0.4) is 0 Å². The monoisotopic (exact) mass is 343 g/mol. The summed E-state index contributed by atoms with van der Waals surface area (Å²) in [6, 6.07) is 1.95. The average Bonchev–Trinajstić information content (AvgIpc) is 3.03. The molecule has 2 aromatic heterocycles. The van der Waals surface area contributed by atoms with Gasteiger partial charge in [-0.25, -0.2) is 4.98 Å². The Balaban J connectivity index is 1.92. The number of aryl methyl sites for hydroxylation is 1. The van der Waals surface area contributed by atoms with Crippen LogP contribution in [0.2, 0.25) is 0 Å². The maximum Gasteiger partial charge on any atom is 0.256 e. The summed E-state index contributed by atoms with van der Waals surface area (Å²) in [5, 5.41) is 7.20. The van der Waals surface area contributed by atoms with Crippen LogP contribution >= 0.6 is 0 Å². The normalized spacial score (nSPS) is 20.6. The number of carbonyl (C=O) groups is 1. The summed E-state index contributed by atoms with van der Waals surface area (Å²) in [6.07, 6.45) is 3.59. The molecule has 1 saturated heterocycles. The van der Waals surface area contributed by atoms with Gasteiger partial charge in [-0.3, -0.25) is 9.89 Å². The summed E-state index contributed by atoms with van der Waals surface area (Å²) in [5.74, 6) is 1.08. The fraction of sp³-hybridized carbons (Fsp3) is 0.529. The van der Waals surface area contributed by atoms with Crippen LogP contribution in [-0.2, 0) is 5.41 Å². The molecule has 0 spiro atoms. The van der Waals surface area contributed by atoms with Gasteiger partial charge in [0.1, 0.15) is 5.82 Å². The Labute approximate surface area is 147 Å². The summed E-state index contributed by atoms with van der Waals surface area (Å²) in [5.41, 5.74) is 7.95. The Hall–Kier alpha value is -2.64. The van der Waals surface area contributed by atoms with Gasteiger partial charge in [0.15, 0.2) is 0 Å². The topological polar surface area (TPSA) is 104 Å². The molecule has 0 aliphatic carbocycles. The quantitative estimate of drug-likeness (QED) is 0.872. The van der Waals surface area contributed by atoms with Crippen molar-refractivity contribution in [1.29, 1.82) is 0 Å². The molecule has 25 heavy (non-hydrogen) atoms. The van der Waals surface area contributed by atoms with Crippen LogP contribution in [0.4, 0.5) is 11.8 Å². The minimum atomic E-state index is -0.219. The number of nitrogens with one attached hydrogen (secondary N) is 1. The van der Waals surface area contributed by atoms with E-state index >= 15 is 0 Å². The number of nitrogens with two attached hydrogens (primary N) is 1. The molecule has 2 aromatic rings. The lowest BCUT2D eigenvalue weighted by atomic mass is 9.77. The van der Waals surface area contributed by atoms with Crippen molar-refractivity contribution >= 4 is 17.7 Å². The van der Waals surface area contributed by atoms with Gasteiger partial charge in [-0.1, -0.05) is 6.92 Å². The number of hydrogen-bond acceptors (Lipinski definition) is 6. The predicted molar refractivity (Wildman–Crippen MR) is 96.6 cm³/mol. The van der Waals surface area contributed by atoms with Crippen molar-refractivity contribution in [2.75, 3.05) is 37.8 Å². The first-order valence-electron chi connectivity index (χ1n) is 8.42. The second kappa shape index (κ2) is 6.34. The number of aromatic amines is 1. The first-order valence-corrected chi connectivity index (χ1v) is 8.42. The lowest BCUT2D eigenvalue weighted by Gasteiger charge is -2.41. The molecule has 8 nitrogen and oxygen atoms in total. The molecule has 1 amide bonds. The number of amides is 1. The van der Waals surface area contributed by atoms with Crippen LogP contribution in [0.25, 0.3) is 0 Å². The number of carbonyl (C=O) groups excluding carboxylic acids is 1. The highest BCUT2D eigenvalue weighted by molar-refractivity contribution is 5.95. The number of nitrogen functional groups attached to an aromatic ring is 1. The van der Waals surface area contributed by atoms with E-state index < -0.39 is 0 Å². The summed E-state index contributed by atoms with van der Waals surface area (Å²) >= 11 is 0. The van der Waals surface area contributed by atoms with Gasteiger partial charge < -0.3 is 15.5 Å². The number of hydrogen-bond donors (Lipinski definition) is 2. The second-order valence-electron chi connectivity index (χ2n) is 7.17. The second-order valence-corrected chi connectivity index (χ2v) is 7.17. The number of aromatic nitrogens is 4. The third kappa shape index (κ3) is 3.29. The zero-order chi connectivity index (χ0) is 18.2. The molecule has 0 aromatic carbocycles. The van der Waals surface area contributed by atoms with Crippen molar-refractivity contribution in [3.8, 4) is 0 Å². The van der Waals surface area contributed by atoms with Gasteiger partial charge in [-0.05, 0) is 19.8 Å². The maximum atomic E-state index is 12.5. The van der Waals surface area contributed by atoms with E-state index in [1.54, 1.807) is 25.2 Å². The number of piperidine rings is 1. The SMILES string of the molecule is Cc1cc(N2CCC[C@](C)(c3[nH]ncc3C(=O)N(C)C)C2)nc(N)n1. The zero-order valence-corrected chi connectivity index (χ0v) is 15.2. The van der Waals surface area contributed by atoms with Gasteiger partial charge in [-0.2, -0.15) is 10.1 Å².